The first kappa shape index (κ1) is 16.8. The number of ether oxygens (including phenoxy) is 4. The molecule has 1 heterocycles. The van der Waals surface area contributed by atoms with Gasteiger partial charge in [0.05, 0.1) is 0 Å². The van der Waals surface area contributed by atoms with Gasteiger partial charge in [-0.25, -0.2) is 0 Å². The first-order chi connectivity index (χ1) is 12.8. The summed E-state index contributed by atoms with van der Waals surface area (Å²) in [6, 6.07) is 5.35. The van der Waals surface area contributed by atoms with Gasteiger partial charge in [0.1, 0.15) is 0 Å². The molecule has 0 bridgehead atoms. The van der Waals surface area contributed by atoms with Gasteiger partial charge in [-0.1, -0.05) is 0 Å². The number of ketones is 2. The van der Waals surface area contributed by atoms with Crippen molar-refractivity contribution in [2.24, 2.45) is 0 Å². The normalized spacial score (nSPS) is 13.7. The molecule has 0 unspecified atom stereocenters. The van der Waals surface area contributed by atoms with Gasteiger partial charge in [-0.2, -0.15) is 0 Å². The van der Waals surface area contributed by atoms with Crippen LogP contribution in [0, 0.1) is 0 Å². The second kappa shape index (κ2) is 5.94. The summed E-state index contributed by atoms with van der Waals surface area (Å²) in [5, 5.41) is 0. The van der Waals surface area contributed by atoms with Crippen LogP contribution in [0.2, 0.25) is 0 Å². The number of hydrogen-bond acceptors (Lipinski definition) is 8. The number of carbonyl (C=O) groups excluding carboxylic acids is 4. The van der Waals surface area contributed by atoms with Gasteiger partial charge in [0.15, 0.2) is 34.6 Å². The lowest BCUT2D eigenvalue weighted by Crippen LogP contribution is -2.21. The highest BCUT2D eigenvalue weighted by Gasteiger charge is 2.34. The Hall–Kier alpha value is -3.68. The quantitative estimate of drug-likeness (QED) is 0.500. The molecular formula is C19H12O8. The fourth-order valence-corrected chi connectivity index (χ4v) is 3.01. The molecule has 4 rings (SSSR count). The molecular weight excluding hydrogens is 356 g/mol. The van der Waals surface area contributed by atoms with E-state index < -0.39 is 23.5 Å². The first-order valence-electron chi connectivity index (χ1n) is 7.93. The van der Waals surface area contributed by atoms with Gasteiger partial charge in [-0.05, 0) is 24.3 Å². The Labute approximate surface area is 152 Å². The summed E-state index contributed by atoms with van der Waals surface area (Å²) in [5.74, 6) is -1.72. The van der Waals surface area contributed by atoms with Crippen LogP contribution in [0.3, 0.4) is 0 Å². The Balaban J connectivity index is 1.89. The Kier molecular flexibility index (Phi) is 3.69. The molecule has 2 aliphatic rings. The van der Waals surface area contributed by atoms with Crippen molar-refractivity contribution in [3.63, 3.8) is 0 Å². The largest absolute Gasteiger partial charge is 0.454 e. The van der Waals surface area contributed by atoms with Crippen LogP contribution >= 0.6 is 0 Å². The van der Waals surface area contributed by atoms with Crippen LogP contribution in [0.25, 0.3) is 0 Å². The van der Waals surface area contributed by atoms with Crippen molar-refractivity contribution < 1.29 is 38.1 Å². The van der Waals surface area contributed by atoms with E-state index in [1.54, 1.807) is 0 Å². The van der Waals surface area contributed by atoms with Crippen LogP contribution in [-0.2, 0) is 9.59 Å². The van der Waals surface area contributed by atoms with Gasteiger partial charge in [-0.15, -0.1) is 0 Å². The Morgan fingerprint density at radius 3 is 1.48 bits per heavy atom. The highest BCUT2D eigenvalue weighted by atomic mass is 16.7. The number of benzene rings is 2. The van der Waals surface area contributed by atoms with Crippen molar-refractivity contribution in [3.05, 3.63) is 46.5 Å². The van der Waals surface area contributed by atoms with Crippen LogP contribution in [0.5, 0.6) is 23.0 Å². The molecule has 27 heavy (non-hydrogen) atoms. The minimum Gasteiger partial charge on any atom is -0.454 e. The smallest absolute Gasteiger partial charge is 0.308 e. The van der Waals surface area contributed by atoms with Gasteiger partial charge in [0, 0.05) is 36.1 Å². The zero-order valence-corrected chi connectivity index (χ0v) is 14.3. The number of esters is 2. The van der Waals surface area contributed by atoms with Crippen LogP contribution < -0.4 is 18.9 Å². The van der Waals surface area contributed by atoms with Crippen molar-refractivity contribution >= 4 is 23.5 Å². The second-order valence-corrected chi connectivity index (χ2v) is 5.94. The minimum absolute atomic E-state index is 0.000749. The molecule has 1 aliphatic carbocycles. The van der Waals surface area contributed by atoms with Crippen molar-refractivity contribution in [1.82, 2.24) is 0 Å². The van der Waals surface area contributed by atoms with Crippen LogP contribution in [0.1, 0.15) is 45.7 Å². The number of fused-ring (bicyclic) bond motifs is 3. The molecule has 0 radical (unpaired) electrons. The summed E-state index contributed by atoms with van der Waals surface area (Å²) in [7, 11) is 0. The van der Waals surface area contributed by atoms with E-state index in [0.29, 0.717) is 11.5 Å². The second-order valence-electron chi connectivity index (χ2n) is 5.94. The zero-order valence-electron chi connectivity index (χ0n) is 14.3. The van der Waals surface area contributed by atoms with Gasteiger partial charge < -0.3 is 18.9 Å². The topological polar surface area (TPSA) is 105 Å². The van der Waals surface area contributed by atoms with E-state index in [0.717, 1.165) is 0 Å². The molecule has 0 N–H and O–H groups in total. The van der Waals surface area contributed by atoms with E-state index in [1.165, 1.54) is 38.1 Å². The predicted molar refractivity (Wildman–Crippen MR) is 88.5 cm³/mol. The van der Waals surface area contributed by atoms with E-state index in [2.05, 4.69) is 0 Å². The highest BCUT2D eigenvalue weighted by Crippen LogP contribution is 2.41. The zero-order chi connectivity index (χ0) is 19.3. The third-order valence-electron chi connectivity index (χ3n) is 4.08. The van der Waals surface area contributed by atoms with Crippen molar-refractivity contribution in [1.29, 1.82) is 0 Å². The average molecular weight is 368 g/mol. The average Bonchev–Trinajstić information content (AvgIpc) is 3.06. The van der Waals surface area contributed by atoms with Gasteiger partial charge >= 0.3 is 11.9 Å². The molecule has 0 spiro atoms. The van der Waals surface area contributed by atoms with E-state index >= 15 is 0 Å². The molecule has 2 aromatic rings. The van der Waals surface area contributed by atoms with Crippen LogP contribution in [-0.4, -0.2) is 30.3 Å². The third-order valence-corrected chi connectivity index (χ3v) is 4.08. The summed E-state index contributed by atoms with van der Waals surface area (Å²) in [6.07, 6.45) is 0. The standard InChI is InChI=1S/C19H12O8/c1-8(20)26-16-5-12-13(6-17(16)27-9(2)21)19(23)11-4-15-14(24-7-25-15)3-10(11)18(12)22/h3-6H,7H2,1-2H3. The maximum absolute atomic E-state index is 12.9. The summed E-state index contributed by atoms with van der Waals surface area (Å²) >= 11 is 0. The molecule has 0 fully saturated rings. The minimum atomic E-state index is -0.665. The number of rotatable bonds is 2. The van der Waals surface area contributed by atoms with Crippen molar-refractivity contribution in [3.8, 4) is 23.0 Å². The van der Waals surface area contributed by atoms with Crippen LogP contribution in [0.15, 0.2) is 24.3 Å². The molecule has 0 saturated carbocycles. The molecule has 8 heteroatoms. The first-order valence-corrected chi connectivity index (χ1v) is 7.93. The lowest BCUT2D eigenvalue weighted by molar-refractivity contribution is -0.134. The van der Waals surface area contributed by atoms with Gasteiger partial charge in [-0.3, -0.25) is 19.2 Å². The molecule has 1 aliphatic heterocycles. The van der Waals surface area contributed by atoms with Gasteiger partial charge in [0.2, 0.25) is 6.79 Å². The molecule has 0 amide bonds. The fourth-order valence-electron chi connectivity index (χ4n) is 3.01. The fraction of sp³-hybridized carbons (Fsp3) is 0.158. The van der Waals surface area contributed by atoms with Gasteiger partial charge in [0.25, 0.3) is 0 Å². The Bertz CT molecular complexity index is 968. The summed E-state index contributed by atoms with van der Waals surface area (Å²) in [5.41, 5.74) is 0.397. The molecule has 8 nitrogen and oxygen atoms in total. The van der Waals surface area contributed by atoms with E-state index in [9.17, 15) is 19.2 Å². The lowest BCUT2D eigenvalue weighted by atomic mass is 9.83. The van der Waals surface area contributed by atoms with Crippen molar-refractivity contribution in [2.45, 2.75) is 13.8 Å². The predicted octanol–water partition coefficient (Wildman–Crippen LogP) is 2.04. The van der Waals surface area contributed by atoms with E-state index in [-0.39, 0.29) is 40.5 Å². The molecule has 0 aromatic heterocycles. The Morgan fingerprint density at radius 2 is 1.11 bits per heavy atom. The summed E-state index contributed by atoms with van der Waals surface area (Å²) in [4.78, 5) is 48.5. The molecule has 0 atom stereocenters. The monoisotopic (exact) mass is 368 g/mol. The van der Waals surface area contributed by atoms with Crippen LogP contribution in [0.4, 0.5) is 0 Å². The number of carbonyl (C=O) groups is 4. The highest BCUT2D eigenvalue weighted by molar-refractivity contribution is 6.29. The maximum Gasteiger partial charge on any atom is 0.308 e. The van der Waals surface area contributed by atoms with E-state index in [1.807, 2.05) is 0 Å². The maximum atomic E-state index is 12.9. The third kappa shape index (κ3) is 2.71. The lowest BCUT2D eigenvalue weighted by Gasteiger charge is -2.20. The SMILES string of the molecule is CC(=O)Oc1cc2c(cc1OC(C)=O)C(=O)c1cc3c(cc1C2=O)OCO3. The molecule has 0 saturated heterocycles. The molecule has 2 aromatic carbocycles. The van der Waals surface area contributed by atoms with E-state index in [4.69, 9.17) is 18.9 Å². The number of hydrogen-bond donors (Lipinski definition) is 0. The molecule has 136 valence electrons. The summed E-state index contributed by atoms with van der Waals surface area (Å²) < 4.78 is 20.6. The van der Waals surface area contributed by atoms with Crippen molar-refractivity contribution in [2.75, 3.05) is 6.79 Å². The summed E-state index contributed by atoms with van der Waals surface area (Å²) in [6.45, 7) is 2.33. The Morgan fingerprint density at radius 1 is 0.741 bits per heavy atom.